The molecule has 3 aromatic heterocycles. The Morgan fingerprint density at radius 2 is 1.15 bits per heavy atom. The molecule has 8 rings (SSSR count). The van der Waals surface area contributed by atoms with Gasteiger partial charge in [0, 0.05) is 41.0 Å². The number of fused-ring (bicyclic) bond motifs is 3. The van der Waals surface area contributed by atoms with Crippen LogP contribution in [0.5, 0.6) is 11.5 Å². The number of hydrogen-bond acceptors (Lipinski definition) is 3. The van der Waals surface area contributed by atoms with Crippen molar-refractivity contribution < 1.29 is 4.74 Å². The molecule has 3 heterocycles. The van der Waals surface area contributed by atoms with Crippen molar-refractivity contribution in [3.05, 3.63) is 155 Å². The number of imidazole rings is 1. The van der Waals surface area contributed by atoms with E-state index in [4.69, 9.17) is 14.7 Å². The van der Waals surface area contributed by atoms with Crippen molar-refractivity contribution in [1.82, 2.24) is 19.1 Å². The summed E-state index contributed by atoms with van der Waals surface area (Å²) in [5.41, 5.74) is 15.1. The van der Waals surface area contributed by atoms with Gasteiger partial charge in [0.2, 0.25) is 0 Å². The van der Waals surface area contributed by atoms with Crippen LogP contribution in [-0.4, -0.2) is 19.1 Å². The van der Waals surface area contributed by atoms with E-state index in [-0.39, 0.29) is 5.41 Å². The molecule has 0 amide bonds. The Kier molecular flexibility index (Phi) is 11.5. The fraction of sp³-hybridized carbons (Fsp3) is 0.333. The van der Waals surface area contributed by atoms with Gasteiger partial charge in [0.1, 0.15) is 23.1 Å². The van der Waals surface area contributed by atoms with Crippen LogP contribution in [0.15, 0.2) is 122 Å². The highest BCUT2D eigenvalue weighted by Crippen LogP contribution is 2.42. The summed E-state index contributed by atoms with van der Waals surface area (Å²) >= 11 is 0. The van der Waals surface area contributed by atoms with Crippen LogP contribution >= 0.6 is 0 Å². The topological polar surface area (TPSA) is 44.9 Å². The van der Waals surface area contributed by atoms with Gasteiger partial charge < -0.3 is 4.74 Å². The first-order chi connectivity index (χ1) is 29.5. The van der Waals surface area contributed by atoms with E-state index in [1.54, 1.807) is 0 Å². The fourth-order valence-corrected chi connectivity index (χ4v) is 9.05. The molecule has 0 fully saturated rings. The fourth-order valence-electron chi connectivity index (χ4n) is 9.05. The average molecular weight is 821 g/mol. The second kappa shape index (κ2) is 16.7. The molecule has 8 aromatic rings. The highest BCUT2D eigenvalue weighted by Gasteiger charge is 2.25. The third kappa shape index (κ3) is 7.98. The monoisotopic (exact) mass is 821 g/mol. The Balaban J connectivity index is 1.21. The molecule has 5 nitrogen and oxygen atoms in total. The van der Waals surface area contributed by atoms with Gasteiger partial charge in [-0.05, 0) is 122 Å². The van der Waals surface area contributed by atoms with Crippen LogP contribution in [0.3, 0.4) is 0 Å². The molecule has 0 saturated carbocycles. The van der Waals surface area contributed by atoms with Crippen molar-refractivity contribution in [3.8, 4) is 45.5 Å². The number of pyridine rings is 1. The summed E-state index contributed by atoms with van der Waals surface area (Å²) in [6.07, 6.45) is 5.99. The van der Waals surface area contributed by atoms with Gasteiger partial charge in [-0.15, -0.1) is 0 Å². The molecule has 0 aliphatic carbocycles. The van der Waals surface area contributed by atoms with Gasteiger partial charge in [-0.3, -0.25) is 9.13 Å². The second-order valence-corrected chi connectivity index (χ2v) is 19.8. The first kappa shape index (κ1) is 42.7. The maximum absolute atomic E-state index is 6.77. The van der Waals surface area contributed by atoms with E-state index in [0.717, 1.165) is 45.1 Å². The van der Waals surface area contributed by atoms with Crippen LogP contribution in [-0.2, 0) is 5.41 Å². The zero-order valence-electron chi connectivity index (χ0n) is 39.1. The lowest BCUT2D eigenvalue weighted by Gasteiger charge is -2.27. The van der Waals surface area contributed by atoms with E-state index < -0.39 is 0 Å². The summed E-state index contributed by atoms with van der Waals surface area (Å²) in [5, 5.41) is 2.33. The van der Waals surface area contributed by atoms with Crippen molar-refractivity contribution in [3.63, 3.8) is 0 Å². The smallest absolute Gasteiger partial charge is 0.144 e. The molecule has 0 unspecified atom stereocenters. The van der Waals surface area contributed by atoms with Gasteiger partial charge >= 0.3 is 0 Å². The third-order valence-electron chi connectivity index (χ3n) is 12.5. The number of rotatable bonds is 11. The molecular formula is C57H64N4O. The molecule has 0 spiro atoms. The SMILES string of the molecule is CC(C)c1cc(C(C)C)c(-c2ccnc(-n3c4ccccc4c4ccc(Oc5cccc(-c6nccn6-c6c(C(C)C)cc(C(C)(C)C)cc6C(C)C)c5)cc43)c2)c(C(C)C)c1. The molecule has 62 heavy (non-hydrogen) atoms. The van der Waals surface area contributed by atoms with Gasteiger partial charge in [-0.2, -0.15) is 0 Å². The maximum Gasteiger partial charge on any atom is 0.144 e. The number of benzene rings is 5. The van der Waals surface area contributed by atoms with Crippen molar-refractivity contribution in [2.45, 2.75) is 125 Å². The van der Waals surface area contributed by atoms with E-state index in [1.807, 2.05) is 18.5 Å². The number of hydrogen-bond donors (Lipinski definition) is 0. The van der Waals surface area contributed by atoms with E-state index in [2.05, 4.69) is 202 Å². The Morgan fingerprint density at radius 1 is 0.516 bits per heavy atom. The quantitative estimate of drug-likeness (QED) is 0.131. The molecule has 0 N–H and O–H groups in total. The van der Waals surface area contributed by atoms with Crippen molar-refractivity contribution in [2.75, 3.05) is 0 Å². The lowest BCUT2D eigenvalue weighted by atomic mass is 9.81. The zero-order valence-corrected chi connectivity index (χ0v) is 39.1. The first-order valence-electron chi connectivity index (χ1n) is 22.7. The van der Waals surface area contributed by atoms with E-state index >= 15 is 0 Å². The van der Waals surface area contributed by atoms with Crippen molar-refractivity contribution in [1.29, 1.82) is 0 Å². The predicted molar refractivity (Wildman–Crippen MR) is 262 cm³/mol. The molecule has 5 heteroatoms. The van der Waals surface area contributed by atoms with E-state index in [9.17, 15) is 0 Å². The number of aromatic nitrogens is 4. The van der Waals surface area contributed by atoms with E-state index in [1.165, 1.54) is 55.6 Å². The summed E-state index contributed by atoms with van der Waals surface area (Å²) < 4.78 is 11.4. The summed E-state index contributed by atoms with van der Waals surface area (Å²) in [5.74, 6) is 5.17. The normalized spacial score (nSPS) is 12.4. The first-order valence-corrected chi connectivity index (χ1v) is 22.7. The molecule has 0 aliphatic heterocycles. The Morgan fingerprint density at radius 3 is 1.77 bits per heavy atom. The number of nitrogens with zero attached hydrogens (tertiary/aromatic N) is 4. The minimum atomic E-state index is 0.0439. The molecule has 0 radical (unpaired) electrons. The zero-order chi connectivity index (χ0) is 44.2. The molecule has 318 valence electrons. The van der Waals surface area contributed by atoms with E-state index in [0.29, 0.717) is 29.6 Å². The summed E-state index contributed by atoms with van der Waals surface area (Å²) in [6, 6.07) is 37.5. The maximum atomic E-state index is 6.77. The lowest BCUT2D eigenvalue weighted by molar-refractivity contribution is 0.483. The molecule has 0 aliphatic rings. The van der Waals surface area contributed by atoms with Crippen LogP contribution in [0, 0.1) is 0 Å². The predicted octanol–water partition coefficient (Wildman–Crippen LogP) is 16.4. The lowest BCUT2D eigenvalue weighted by Crippen LogP contribution is -2.16. The minimum absolute atomic E-state index is 0.0439. The molecule has 0 atom stereocenters. The number of para-hydroxylation sites is 1. The second-order valence-electron chi connectivity index (χ2n) is 19.8. The molecular weight excluding hydrogens is 757 g/mol. The Labute approximate surface area is 369 Å². The Hall–Kier alpha value is -5.94. The van der Waals surface area contributed by atoms with Crippen LogP contribution < -0.4 is 4.74 Å². The average Bonchev–Trinajstić information content (AvgIpc) is 3.85. The van der Waals surface area contributed by atoms with Crippen molar-refractivity contribution in [2.24, 2.45) is 0 Å². The molecule has 5 aromatic carbocycles. The molecule has 0 bridgehead atoms. The Bertz CT molecular complexity index is 2850. The van der Waals surface area contributed by atoms with Gasteiger partial charge in [0.25, 0.3) is 0 Å². The van der Waals surface area contributed by atoms with Crippen LogP contribution in [0.2, 0.25) is 0 Å². The highest BCUT2D eigenvalue weighted by atomic mass is 16.5. The van der Waals surface area contributed by atoms with Crippen LogP contribution in [0.1, 0.15) is 153 Å². The van der Waals surface area contributed by atoms with Crippen molar-refractivity contribution >= 4 is 21.8 Å². The van der Waals surface area contributed by atoms with Gasteiger partial charge in [-0.1, -0.05) is 145 Å². The third-order valence-corrected chi connectivity index (χ3v) is 12.5. The summed E-state index contributed by atoms with van der Waals surface area (Å²) in [7, 11) is 0. The summed E-state index contributed by atoms with van der Waals surface area (Å²) in [6.45, 7) is 29.9. The minimum Gasteiger partial charge on any atom is -0.457 e. The standard InChI is InChI=1S/C57H64N4O/c1-34(2)41-28-47(35(3)4)54(48(29-41)36(5)6)39-23-24-58-53(30-39)61-51-20-15-14-19-45(51)46-22-21-44(33-52(46)61)62-43-18-16-17-40(27-43)56-59-25-26-60(56)55-49(37(7)8)31-42(57(11,12)13)32-50(55)38(9)10/h14-38H,1-13H3. The number of ether oxygens (including phenoxy) is 1. The van der Waals surface area contributed by atoms with Gasteiger partial charge in [-0.25, -0.2) is 9.97 Å². The summed E-state index contributed by atoms with van der Waals surface area (Å²) in [4.78, 5) is 10.0. The van der Waals surface area contributed by atoms with Gasteiger partial charge in [0.15, 0.2) is 0 Å². The van der Waals surface area contributed by atoms with Crippen LogP contribution in [0.25, 0.3) is 55.8 Å². The largest absolute Gasteiger partial charge is 0.457 e. The highest BCUT2D eigenvalue weighted by molar-refractivity contribution is 6.09. The van der Waals surface area contributed by atoms with Crippen LogP contribution in [0.4, 0.5) is 0 Å². The van der Waals surface area contributed by atoms with Gasteiger partial charge in [0.05, 0.1) is 16.7 Å². The molecule has 0 saturated heterocycles.